The van der Waals surface area contributed by atoms with Crippen molar-refractivity contribution in [1.29, 1.82) is 0 Å². The number of benzene rings is 2. The van der Waals surface area contributed by atoms with E-state index in [1.54, 1.807) is 18.2 Å². The molecule has 0 fully saturated rings. The van der Waals surface area contributed by atoms with Crippen molar-refractivity contribution in [3.05, 3.63) is 63.6 Å². The lowest BCUT2D eigenvalue weighted by molar-refractivity contribution is -0.115. The fourth-order valence-corrected chi connectivity index (χ4v) is 2.30. The predicted octanol–water partition coefficient (Wildman–Crippen LogP) is 4.48. The van der Waals surface area contributed by atoms with Crippen molar-refractivity contribution >= 4 is 34.8 Å². The zero-order valence-corrected chi connectivity index (χ0v) is 11.9. The smallest absolute Gasteiger partial charge is 0.228 e. The van der Waals surface area contributed by atoms with Crippen LogP contribution in [0.5, 0.6) is 0 Å². The van der Waals surface area contributed by atoms with E-state index in [-0.39, 0.29) is 12.3 Å². The van der Waals surface area contributed by atoms with E-state index in [0.717, 1.165) is 11.3 Å². The second-order valence-corrected chi connectivity index (χ2v) is 5.05. The Labute approximate surface area is 122 Å². The molecule has 0 atom stereocenters. The van der Waals surface area contributed by atoms with Crippen LogP contribution in [-0.4, -0.2) is 5.91 Å². The lowest BCUT2D eigenvalue weighted by Gasteiger charge is -2.10. The lowest BCUT2D eigenvalue weighted by Crippen LogP contribution is -2.15. The molecule has 2 rings (SSSR count). The number of hydrogen-bond donors (Lipinski definition) is 1. The average Bonchev–Trinajstić information content (AvgIpc) is 2.37. The second kappa shape index (κ2) is 6.09. The van der Waals surface area contributed by atoms with Gasteiger partial charge in [-0.05, 0) is 36.2 Å². The predicted molar refractivity (Wildman–Crippen MR) is 80.0 cm³/mol. The van der Waals surface area contributed by atoms with Crippen LogP contribution >= 0.6 is 23.2 Å². The number of rotatable bonds is 3. The van der Waals surface area contributed by atoms with Crippen molar-refractivity contribution in [2.45, 2.75) is 13.3 Å². The molecule has 0 aliphatic heterocycles. The molecule has 0 aliphatic rings. The molecular formula is C15H13Cl2NO. The Bertz CT molecular complexity index is 591. The molecule has 0 aromatic heterocycles. The van der Waals surface area contributed by atoms with Gasteiger partial charge < -0.3 is 5.32 Å². The van der Waals surface area contributed by atoms with Crippen LogP contribution in [0.3, 0.4) is 0 Å². The van der Waals surface area contributed by atoms with Crippen LogP contribution in [0.2, 0.25) is 10.0 Å². The maximum Gasteiger partial charge on any atom is 0.228 e. The number of aryl methyl sites for hydroxylation is 1. The van der Waals surface area contributed by atoms with Crippen LogP contribution in [-0.2, 0) is 11.2 Å². The van der Waals surface area contributed by atoms with Crippen LogP contribution < -0.4 is 5.32 Å². The largest absolute Gasteiger partial charge is 0.326 e. The summed E-state index contributed by atoms with van der Waals surface area (Å²) < 4.78 is 0. The molecule has 1 amide bonds. The Morgan fingerprint density at radius 2 is 1.68 bits per heavy atom. The Hall–Kier alpha value is -1.51. The Kier molecular flexibility index (Phi) is 4.46. The highest BCUT2D eigenvalue weighted by Crippen LogP contribution is 2.25. The minimum absolute atomic E-state index is 0.135. The first kappa shape index (κ1) is 13.9. The molecule has 4 heteroatoms. The van der Waals surface area contributed by atoms with E-state index in [2.05, 4.69) is 5.32 Å². The topological polar surface area (TPSA) is 29.1 Å². The summed E-state index contributed by atoms with van der Waals surface area (Å²) in [5.74, 6) is -0.135. The van der Waals surface area contributed by atoms with Gasteiger partial charge in [-0.15, -0.1) is 0 Å². The number of hydrogen-bond acceptors (Lipinski definition) is 1. The summed E-state index contributed by atoms with van der Waals surface area (Å²) in [5, 5.41) is 3.87. The maximum atomic E-state index is 12.0. The van der Waals surface area contributed by atoms with Crippen molar-refractivity contribution < 1.29 is 4.79 Å². The molecule has 1 N–H and O–H groups in total. The molecule has 2 aromatic carbocycles. The first-order valence-corrected chi connectivity index (χ1v) is 6.62. The van der Waals surface area contributed by atoms with Gasteiger partial charge in [-0.1, -0.05) is 47.5 Å². The summed E-state index contributed by atoms with van der Waals surface area (Å²) in [6, 6.07) is 12.8. The average molecular weight is 294 g/mol. The van der Waals surface area contributed by atoms with Crippen molar-refractivity contribution in [2.75, 3.05) is 5.32 Å². The van der Waals surface area contributed by atoms with E-state index in [9.17, 15) is 4.79 Å². The first-order chi connectivity index (χ1) is 9.08. The van der Waals surface area contributed by atoms with Gasteiger partial charge in [0, 0.05) is 15.7 Å². The minimum Gasteiger partial charge on any atom is -0.326 e. The third kappa shape index (κ3) is 3.49. The summed E-state index contributed by atoms with van der Waals surface area (Å²) in [5.41, 5.74) is 2.47. The summed E-state index contributed by atoms with van der Waals surface area (Å²) in [6.07, 6.45) is 0.160. The van der Waals surface area contributed by atoms with E-state index in [4.69, 9.17) is 23.2 Å². The van der Waals surface area contributed by atoms with Gasteiger partial charge in [-0.3, -0.25) is 4.79 Å². The highest BCUT2D eigenvalue weighted by Gasteiger charge is 2.11. The van der Waals surface area contributed by atoms with E-state index in [0.29, 0.717) is 15.6 Å². The quantitative estimate of drug-likeness (QED) is 0.888. The van der Waals surface area contributed by atoms with Gasteiger partial charge in [0.25, 0.3) is 0 Å². The SMILES string of the molecule is Cc1ccccc1NC(=O)Cc1c(Cl)cccc1Cl. The molecule has 98 valence electrons. The van der Waals surface area contributed by atoms with E-state index in [1.807, 2.05) is 31.2 Å². The van der Waals surface area contributed by atoms with Gasteiger partial charge in [0.1, 0.15) is 0 Å². The third-order valence-electron chi connectivity index (χ3n) is 2.82. The first-order valence-electron chi connectivity index (χ1n) is 5.86. The van der Waals surface area contributed by atoms with Crippen molar-refractivity contribution in [1.82, 2.24) is 0 Å². The van der Waals surface area contributed by atoms with Gasteiger partial charge in [0.05, 0.1) is 6.42 Å². The highest BCUT2D eigenvalue weighted by molar-refractivity contribution is 6.36. The molecular weight excluding hydrogens is 281 g/mol. The molecule has 19 heavy (non-hydrogen) atoms. The fourth-order valence-electron chi connectivity index (χ4n) is 1.77. The molecule has 0 bridgehead atoms. The van der Waals surface area contributed by atoms with Crippen LogP contribution in [0.4, 0.5) is 5.69 Å². The van der Waals surface area contributed by atoms with E-state index < -0.39 is 0 Å². The highest BCUT2D eigenvalue weighted by atomic mass is 35.5. The van der Waals surface area contributed by atoms with Gasteiger partial charge in [0.15, 0.2) is 0 Å². The Balaban J connectivity index is 2.12. The molecule has 0 unspecified atom stereocenters. The van der Waals surface area contributed by atoms with Gasteiger partial charge >= 0.3 is 0 Å². The number of carbonyl (C=O) groups is 1. The molecule has 0 radical (unpaired) electrons. The van der Waals surface area contributed by atoms with Gasteiger partial charge in [-0.25, -0.2) is 0 Å². The Morgan fingerprint density at radius 1 is 1.05 bits per heavy atom. The van der Waals surface area contributed by atoms with Crippen LogP contribution in [0.15, 0.2) is 42.5 Å². The lowest BCUT2D eigenvalue weighted by atomic mass is 10.1. The number of para-hydroxylation sites is 1. The monoisotopic (exact) mass is 293 g/mol. The fraction of sp³-hybridized carbons (Fsp3) is 0.133. The zero-order chi connectivity index (χ0) is 13.8. The van der Waals surface area contributed by atoms with Gasteiger partial charge in [-0.2, -0.15) is 0 Å². The van der Waals surface area contributed by atoms with E-state index in [1.165, 1.54) is 0 Å². The Morgan fingerprint density at radius 3 is 2.32 bits per heavy atom. The molecule has 2 nitrogen and oxygen atoms in total. The number of nitrogens with one attached hydrogen (secondary N) is 1. The molecule has 0 saturated carbocycles. The normalized spacial score (nSPS) is 10.3. The van der Waals surface area contributed by atoms with Crippen LogP contribution in [0, 0.1) is 6.92 Å². The standard InChI is InChI=1S/C15H13Cl2NO/c1-10-5-2-3-8-14(10)18-15(19)9-11-12(16)6-4-7-13(11)17/h2-8H,9H2,1H3,(H,18,19). The van der Waals surface area contributed by atoms with E-state index >= 15 is 0 Å². The van der Waals surface area contributed by atoms with Gasteiger partial charge in [0.2, 0.25) is 5.91 Å². The summed E-state index contributed by atoms with van der Waals surface area (Å²) >= 11 is 12.1. The summed E-state index contributed by atoms with van der Waals surface area (Å²) in [6.45, 7) is 1.94. The zero-order valence-electron chi connectivity index (χ0n) is 10.4. The molecule has 0 aliphatic carbocycles. The van der Waals surface area contributed by atoms with Crippen molar-refractivity contribution in [2.24, 2.45) is 0 Å². The third-order valence-corrected chi connectivity index (χ3v) is 3.53. The number of halogens is 2. The second-order valence-electron chi connectivity index (χ2n) is 4.24. The minimum atomic E-state index is -0.135. The molecule has 2 aromatic rings. The molecule has 0 spiro atoms. The number of anilines is 1. The maximum absolute atomic E-state index is 12.0. The summed E-state index contributed by atoms with van der Waals surface area (Å²) in [7, 11) is 0. The van der Waals surface area contributed by atoms with Crippen molar-refractivity contribution in [3.63, 3.8) is 0 Å². The molecule has 0 heterocycles. The number of carbonyl (C=O) groups excluding carboxylic acids is 1. The summed E-state index contributed by atoms with van der Waals surface area (Å²) in [4.78, 5) is 12.0. The van der Waals surface area contributed by atoms with Crippen molar-refractivity contribution in [3.8, 4) is 0 Å². The van der Waals surface area contributed by atoms with Crippen LogP contribution in [0.25, 0.3) is 0 Å². The number of amides is 1. The molecule has 0 saturated heterocycles. The van der Waals surface area contributed by atoms with Crippen LogP contribution in [0.1, 0.15) is 11.1 Å².